The summed E-state index contributed by atoms with van der Waals surface area (Å²) in [7, 11) is 0. The summed E-state index contributed by atoms with van der Waals surface area (Å²) >= 11 is 16.7. The monoisotopic (exact) mass is 1050 g/mol. The third kappa shape index (κ3) is 16.4. The average molecular weight is 1050 g/mol. The maximum Gasteiger partial charge on any atom is 1.00 e. The molecule has 0 amide bonds. The molecular formula is C56H56Cl3N14Na. The third-order valence-corrected chi connectivity index (χ3v) is 12.4. The maximum atomic E-state index is 5.86. The normalized spacial score (nSPS) is 12.2. The van der Waals surface area contributed by atoms with Crippen LogP contribution in [0.4, 0.5) is 34.5 Å². The number of nitrogens with one attached hydrogen (secondary N) is 3. The predicted octanol–water partition coefficient (Wildman–Crippen LogP) is 10.2. The second-order valence-electron chi connectivity index (χ2n) is 17.4. The molecule has 7 heterocycles. The molecule has 18 heteroatoms. The molecule has 74 heavy (non-hydrogen) atoms. The smallest absolute Gasteiger partial charge is 1.00 e. The van der Waals surface area contributed by atoms with E-state index < -0.39 is 0 Å². The molecule has 11 rings (SSSR count). The summed E-state index contributed by atoms with van der Waals surface area (Å²) in [6.07, 6.45) is 8.10. The Kier molecular flexibility index (Phi) is 20.6. The van der Waals surface area contributed by atoms with Crippen molar-refractivity contribution in [2.45, 2.75) is 40.0 Å². The van der Waals surface area contributed by atoms with Gasteiger partial charge in [0.1, 0.15) is 51.9 Å². The molecule has 0 atom stereocenters. The topological polar surface area (TPSA) is 181 Å². The van der Waals surface area contributed by atoms with Crippen LogP contribution in [0.3, 0.4) is 0 Å². The van der Waals surface area contributed by atoms with Crippen molar-refractivity contribution in [2.24, 2.45) is 5.92 Å². The Labute approximate surface area is 469 Å². The molecular weight excluding hydrogens is 998 g/mol. The number of aryl methyl sites for hydroxylation is 3. The molecule has 1 saturated heterocycles. The van der Waals surface area contributed by atoms with Gasteiger partial charge in [0, 0.05) is 70.2 Å². The van der Waals surface area contributed by atoms with Gasteiger partial charge in [-0.3, -0.25) is 15.0 Å². The Morgan fingerprint density at radius 2 is 0.973 bits per heavy atom. The summed E-state index contributed by atoms with van der Waals surface area (Å²) in [5.41, 5.74) is 15.8. The largest absolute Gasteiger partial charge is 1.00 e. The molecule has 0 bridgehead atoms. The summed E-state index contributed by atoms with van der Waals surface area (Å²) in [5.74, 6) is 3.08. The molecule has 0 saturated carbocycles. The number of nitrogens with two attached hydrogens (primary N) is 1. The minimum atomic E-state index is 0. The van der Waals surface area contributed by atoms with Crippen molar-refractivity contribution >= 4 is 102 Å². The fraction of sp³-hybridized carbons (Fsp3) is 0.196. The molecule has 0 unspecified atom stereocenters. The fourth-order valence-electron chi connectivity index (χ4n) is 8.38. The minimum absolute atomic E-state index is 0. The van der Waals surface area contributed by atoms with Crippen molar-refractivity contribution in [1.82, 2.24) is 49.8 Å². The summed E-state index contributed by atoms with van der Waals surface area (Å²) < 4.78 is 0. The van der Waals surface area contributed by atoms with E-state index in [1.54, 1.807) is 12.4 Å². The number of aromatic nitrogens is 9. The van der Waals surface area contributed by atoms with E-state index in [9.17, 15) is 0 Å². The molecule has 0 radical (unpaired) electrons. The first kappa shape index (κ1) is 55.1. The van der Waals surface area contributed by atoms with Crippen LogP contribution in [0.25, 0.3) is 32.7 Å². The third-order valence-electron chi connectivity index (χ3n) is 11.8. The Balaban J connectivity index is 0.000000186. The number of rotatable bonds is 10. The van der Waals surface area contributed by atoms with Gasteiger partial charge in [-0.25, -0.2) is 29.9 Å². The van der Waals surface area contributed by atoms with E-state index in [1.165, 1.54) is 56.6 Å². The van der Waals surface area contributed by atoms with Gasteiger partial charge in [-0.1, -0.05) is 120 Å². The molecule has 0 spiro atoms. The van der Waals surface area contributed by atoms with E-state index in [1.807, 2.05) is 106 Å². The van der Waals surface area contributed by atoms with Gasteiger partial charge in [0.15, 0.2) is 0 Å². The Bertz CT molecular complexity index is 3390. The Morgan fingerprint density at radius 1 is 0.527 bits per heavy atom. The quantitative estimate of drug-likeness (QED) is 0.0750. The van der Waals surface area contributed by atoms with Gasteiger partial charge in [0.25, 0.3) is 0 Å². The van der Waals surface area contributed by atoms with Crippen molar-refractivity contribution in [1.29, 1.82) is 0 Å². The van der Waals surface area contributed by atoms with Crippen molar-refractivity contribution in [3.8, 4) is 0 Å². The molecule has 10 aromatic rings. The number of pyridine rings is 3. The van der Waals surface area contributed by atoms with Gasteiger partial charge >= 0.3 is 29.6 Å². The molecule has 5 N–H and O–H groups in total. The minimum Gasteiger partial charge on any atom is -1.00 e. The van der Waals surface area contributed by atoms with E-state index in [0.717, 1.165) is 97.5 Å². The van der Waals surface area contributed by atoms with Crippen molar-refractivity contribution in [2.75, 3.05) is 47.9 Å². The first-order chi connectivity index (χ1) is 35.5. The first-order valence-corrected chi connectivity index (χ1v) is 25.0. The number of nitrogens with zero attached hydrogens (tertiary/aromatic N) is 10. The number of nitrogen functional groups attached to an aromatic ring is 1. The molecule has 1 aliphatic rings. The first-order valence-electron chi connectivity index (χ1n) is 23.8. The van der Waals surface area contributed by atoms with E-state index >= 15 is 0 Å². The van der Waals surface area contributed by atoms with E-state index in [0.29, 0.717) is 21.3 Å². The summed E-state index contributed by atoms with van der Waals surface area (Å²) in [6, 6.07) is 45.9. The Hall–Kier alpha value is -6.62. The fourth-order valence-corrected chi connectivity index (χ4v) is 8.88. The Morgan fingerprint density at radius 3 is 1.51 bits per heavy atom. The van der Waals surface area contributed by atoms with Crippen LogP contribution in [0.5, 0.6) is 0 Å². The molecule has 14 nitrogen and oxygen atoms in total. The zero-order valence-electron chi connectivity index (χ0n) is 42.7. The average Bonchev–Trinajstić information content (AvgIpc) is 3.38. The van der Waals surface area contributed by atoms with Crippen LogP contribution in [0.1, 0.15) is 36.9 Å². The molecule has 372 valence electrons. The van der Waals surface area contributed by atoms with Crippen molar-refractivity contribution in [3.63, 3.8) is 0 Å². The summed E-state index contributed by atoms with van der Waals surface area (Å²) in [4.78, 5) is 40.1. The zero-order valence-corrected chi connectivity index (χ0v) is 46.0. The van der Waals surface area contributed by atoms with Crippen LogP contribution >= 0.6 is 34.8 Å². The van der Waals surface area contributed by atoms with Crippen molar-refractivity contribution in [3.05, 3.63) is 197 Å². The summed E-state index contributed by atoms with van der Waals surface area (Å²) in [5, 5.41) is 14.5. The SMILES string of the molecule is Cc1cc(N)c2ccccc2n1.Cc1cc(Nc2cc(Cl)ncn2)c2ccccc2n1.Cc1cc(Nc2cc(NCCN3CCC(Cc4ccccc4)CC3)ncn2)c2ccccc2n1.Clc1cc(Cl)ncn1.[H-].[Na+]. The van der Waals surface area contributed by atoms with Crippen LogP contribution in [0, 0.1) is 26.7 Å². The molecule has 4 aromatic carbocycles. The zero-order chi connectivity index (χ0) is 50.9. The van der Waals surface area contributed by atoms with Gasteiger partial charge in [-0.15, -0.1) is 0 Å². The predicted molar refractivity (Wildman–Crippen MR) is 300 cm³/mol. The van der Waals surface area contributed by atoms with Crippen LogP contribution in [-0.2, 0) is 6.42 Å². The molecule has 1 aliphatic heterocycles. The van der Waals surface area contributed by atoms with Crippen LogP contribution < -0.4 is 51.2 Å². The number of anilines is 6. The van der Waals surface area contributed by atoms with Gasteiger partial charge in [-0.2, -0.15) is 0 Å². The second-order valence-corrected chi connectivity index (χ2v) is 18.5. The standard InChI is InChI=1S/C28H32N6.C14H11ClN4.C10H10N2.C4H2Cl2N2.Na.H/c1-21-17-26(24-9-5-6-10-25(24)32-21)33-28-19-27(30-20-31-28)29-13-16-34-14-11-23(12-15-34)18-22-7-3-2-4-8-22;1-9-6-12(10-4-2-3-5-11(10)18-9)19-14-7-13(15)16-8-17-14;1-7-6-9(11)8-4-2-3-5-10(8)12-7;5-3-1-4(6)8-2-7-3;;/h2-10,17,19-20,23H,11-16,18H2,1H3,(H2,29,30,31,32,33);2-8H,1H3,(H,16,17,18,19);2-6H,1H3,(H2,11,12);1-2H;;/q;;;;+1;-1. The number of hydrogen-bond acceptors (Lipinski definition) is 14. The second kappa shape index (κ2) is 27.6. The van der Waals surface area contributed by atoms with Crippen LogP contribution in [0.15, 0.2) is 159 Å². The molecule has 0 aliphatic carbocycles. The van der Waals surface area contributed by atoms with Gasteiger partial charge in [-0.05, 0) is 101 Å². The van der Waals surface area contributed by atoms with Gasteiger partial charge in [0.2, 0.25) is 0 Å². The molecule has 6 aromatic heterocycles. The number of piperidine rings is 1. The number of halogens is 3. The maximum absolute atomic E-state index is 5.86. The number of likely N-dealkylation sites (tertiary alicyclic amines) is 1. The van der Waals surface area contributed by atoms with E-state index in [4.69, 9.17) is 40.5 Å². The van der Waals surface area contributed by atoms with Gasteiger partial charge in [0.05, 0.1) is 27.9 Å². The van der Waals surface area contributed by atoms with E-state index in [2.05, 4.69) is 108 Å². The number of hydrogen-bond donors (Lipinski definition) is 4. The van der Waals surface area contributed by atoms with Crippen LogP contribution in [0.2, 0.25) is 15.5 Å². The number of benzene rings is 4. The number of para-hydroxylation sites is 3. The van der Waals surface area contributed by atoms with Crippen molar-refractivity contribution < 1.29 is 31.0 Å². The summed E-state index contributed by atoms with van der Waals surface area (Å²) in [6.45, 7) is 10.2. The molecule has 1 fully saturated rings. The van der Waals surface area contributed by atoms with E-state index in [-0.39, 0.29) is 31.0 Å². The number of fused-ring (bicyclic) bond motifs is 3. The van der Waals surface area contributed by atoms with Crippen LogP contribution in [-0.4, -0.2) is 75.9 Å². The van der Waals surface area contributed by atoms with Gasteiger partial charge < -0.3 is 28.0 Å².